The Hall–Kier alpha value is -4.03. The second-order valence-corrected chi connectivity index (χ2v) is 11.3. The van der Waals surface area contributed by atoms with Gasteiger partial charge >= 0.3 is 7.12 Å². The van der Waals surface area contributed by atoms with E-state index < -0.39 is 7.12 Å². The van der Waals surface area contributed by atoms with Crippen molar-refractivity contribution in [1.82, 2.24) is 9.97 Å². The Labute approximate surface area is 266 Å². The quantitative estimate of drug-likeness (QED) is 0.147. The predicted molar refractivity (Wildman–Crippen MR) is 188 cm³/mol. The molecule has 224 valence electrons. The SMILES string of the molecule is CCC(C)c1ccc(-c2nccc3ccccc23)cc1.CCC(C)c1ccc(B(O)O)cc1.Clc1nccc2ccccc12. The van der Waals surface area contributed by atoms with Gasteiger partial charge in [0.15, 0.2) is 0 Å². The van der Waals surface area contributed by atoms with Gasteiger partial charge in [0.2, 0.25) is 0 Å². The zero-order valence-electron chi connectivity index (χ0n) is 25.9. The number of nitrogens with zero attached hydrogens (tertiary/aromatic N) is 2. The molecule has 0 saturated heterocycles. The Bertz CT molecular complexity index is 1750. The maximum absolute atomic E-state index is 8.87. The average Bonchev–Trinajstić information content (AvgIpc) is 3.08. The summed E-state index contributed by atoms with van der Waals surface area (Å²) < 4.78 is 0. The molecule has 4 nitrogen and oxygen atoms in total. The van der Waals surface area contributed by atoms with Gasteiger partial charge in [0.25, 0.3) is 0 Å². The summed E-state index contributed by atoms with van der Waals surface area (Å²) in [7, 11) is -1.36. The maximum Gasteiger partial charge on any atom is 0.488 e. The molecular weight excluding hydrogens is 563 g/mol. The Balaban J connectivity index is 0.000000160. The monoisotopic (exact) mass is 602 g/mol. The lowest BCUT2D eigenvalue weighted by atomic mass is 9.79. The first-order valence-corrected chi connectivity index (χ1v) is 15.6. The minimum Gasteiger partial charge on any atom is -0.423 e. The molecule has 6 rings (SSSR count). The van der Waals surface area contributed by atoms with Gasteiger partial charge < -0.3 is 10.0 Å². The average molecular weight is 603 g/mol. The van der Waals surface area contributed by atoms with Gasteiger partial charge in [-0.3, -0.25) is 4.98 Å². The van der Waals surface area contributed by atoms with Crippen molar-refractivity contribution in [3.63, 3.8) is 0 Å². The molecule has 4 aromatic carbocycles. The van der Waals surface area contributed by atoms with Crippen LogP contribution in [-0.2, 0) is 0 Å². The van der Waals surface area contributed by atoms with E-state index in [4.69, 9.17) is 21.6 Å². The van der Waals surface area contributed by atoms with Crippen molar-refractivity contribution >= 4 is 45.7 Å². The highest BCUT2D eigenvalue weighted by Crippen LogP contribution is 2.28. The molecule has 2 atom stereocenters. The van der Waals surface area contributed by atoms with E-state index in [9.17, 15) is 0 Å². The highest BCUT2D eigenvalue weighted by molar-refractivity contribution is 6.58. The van der Waals surface area contributed by atoms with E-state index in [1.165, 1.54) is 33.9 Å². The fourth-order valence-electron chi connectivity index (χ4n) is 4.87. The summed E-state index contributed by atoms with van der Waals surface area (Å²) in [6.07, 6.45) is 5.87. The molecule has 0 radical (unpaired) electrons. The first-order chi connectivity index (χ1) is 21.3. The summed E-state index contributed by atoms with van der Waals surface area (Å²) in [4.78, 5) is 8.54. The van der Waals surface area contributed by atoms with E-state index in [2.05, 4.69) is 92.3 Å². The van der Waals surface area contributed by atoms with Gasteiger partial charge in [-0.2, -0.15) is 0 Å². The highest BCUT2D eigenvalue weighted by atomic mass is 35.5. The summed E-state index contributed by atoms with van der Waals surface area (Å²) in [6, 6.07) is 36.6. The molecular formula is C38H40BClN2O2. The number of pyridine rings is 2. The fraction of sp³-hybridized carbons (Fsp3) is 0.211. The van der Waals surface area contributed by atoms with Crippen LogP contribution in [0.4, 0.5) is 0 Å². The largest absolute Gasteiger partial charge is 0.488 e. The number of aromatic nitrogens is 2. The smallest absolute Gasteiger partial charge is 0.423 e. The summed E-state index contributed by atoms with van der Waals surface area (Å²) in [5.41, 5.74) is 5.45. The predicted octanol–water partition coefficient (Wildman–Crippen LogP) is 9.18. The Kier molecular flexibility index (Phi) is 12.1. The molecule has 0 amide bonds. The van der Waals surface area contributed by atoms with Crippen LogP contribution < -0.4 is 5.46 Å². The number of benzene rings is 4. The molecule has 44 heavy (non-hydrogen) atoms. The minimum atomic E-state index is -1.36. The van der Waals surface area contributed by atoms with Crippen LogP contribution in [0, 0.1) is 0 Å². The van der Waals surface area contributed by atoms with Crippen molar-refractivity contribution in [2.45, 2.75) is 52.4 Å². The normalized spacial score (nSPS) is 12.0. The van der Waals surface area contributed by atoms with E-state index in [-0.39, 0.29) is 0 Å². The van der Waals surface area contributed by atoms with Crippen molar-refractivity contribution in [2.75, 3.05) is 0 Å². The van der Waals surface area contributed by atoms with Gasteiger partial charge in [-0.05, 0) is 64.2 Å². The zero-order valence-corrected chi connectivity index (χ0v) is 26.6. The second kappa shape index (κ2) is 16.2. The van der Waals surface area contributed by atoms with Crippen LogP contribution in [0.15, 0.2) is 122 Å². The molecule has 0 saturated carbocycles. The van der Waals surface area contributed by atoms with Gasteiger partial charge in [-0.15, -0.1) is 0 Å². The minimum absolute atomic E-state index is 0.532. The van der Waals surface area contributed by atoms with Crippen molar-refractivity contribution in [2.24, 2.45) is 0 Å². The van der Waals surface area contributed by atoms with Gasteiger partial charge in [0.1, 0.15) is 5.15 Å². The lowest BCUT2D eigenvalue weighted by Gasteiger charge is -2.10. The molecule has 0 aliphatic rings. The van der Waals surface area contributed by atoms with E-state index in [0.717, 1.165) is 22.9 Å². The van der Waals surface area contributed by atoms with Crippen LogP contribution in [0.25, 0.3) is 32.8 Å². The number of halogens is 1. The number of hydrogen-bond donors (Lipinski definition) is 2. The standard InChI is InChI=1S/C19H19N.C10H15BO2.C9H6ClN/c1-3-14(2)15-8-10-17(11-9-15)19-18-7-5-4-6-16(18)12-13-20-19;1-3-8(2)9-4-6-10(7-5-9)11(12)13;10-9-8-4-2-1-3-7(8)5-6-11-9/h4-14H,3H2,1-2H3;4-8,12-13H,3H2,1-2H3;1-6H. The van der Waals surface area contributed by atoms with Crippen LogP contribution >= 0.6 is 11.6 Å². The van der Waals surface area contributed by atoms with E-state index >= 15 is 0 Å². The van der Waals surface area contributed by atoms with Crippen LogP contribution in [-0.4, -0.2) is 27.1 Å². The van der Waals surface area contributed by atoms with Gasteiger partial charge in [0.05, 0.1) is 5.69 Å². The molecule has 0 spiro atoms. The van der Waals surface area contributed by atoms with Crippen LogP contribution in [0.1, 0.15) is 63.5 Å². The van der Waals surface area contributed by atoms with E-state index in [0.29, 0.717) is 22.5 Å². The molecule has 6 aromatic rings. The number of fused-ring (bicyclic) bond motifs is 2. The third-order valence-electron chi connectivity index (χ3n) is 8.08. The molecule has 0 aliphatic heterocycles. The lowest BCUT2D eigenvalue weighted by Crippen LogP contribution is -2.29. The third-order valence-corrected chi connectivity index (χ3v) is 8.38. The second-order valence-electron chi connectivity index (χ2n) is 11.0. The Morgan fingerprint density at radius 1 is 0.614 bits per heavy atom. The molecule has 2 aromatic heterocycles. The van der Waals surface area contributed by atoms with Crippen molar-refractivity contribution in [3.05, 3.63) is 138 Å². The lowest BCUT2D eigenvalue weighted by molar-refractivity contribution is 0.426. The Morgan fingerprint density at radius 3 is 1.61 bits per heavy atom. The third kappa shape index (κ3) is 8.54. The molecule has 2 unspecified atom stereocenters. The topological polar surface area (TPSA) is 66.2 Å². The maximum atomic E-state index is 8.87. The first-order valence-electron chi connectivity index (χ1n) is 15.2. The van der Waals surface area contributed by atoms with Crippen LogP contribution in [0.3, 0.4) is 0 Å². The van der Waals surface area contributed by atoms with E-state index in [1.807, 2.05) is 48.7 Å². The number of hydrogen-bond acceptors (Lipinski definition) is 4. The van der Waals surface area contributed by atoms with Gasteiger partial charge in [-0.1, -0.05) is 136 Å². The summed E-state index contributed by atoms with van der Waals surface area (Å²) in [5.74, 6) is 1.15. The summed E-state index contributed by atoms with van der Waals surface area (Å²) >= 11 is 5.85. The molecule has 0 bridgehead atoms. The van der Waals surface area contributed by atoms with Gasteiger partial charge in [0, 0.05) is 28.7 Å². The fourth-order valence-corrected chi connectivity index (χ4v) is 5.10. The molecule has 2 heterocycles. The van der Waals surface area contributed by atoms with E-state index in [1.54, 1.807) is 18.3 Å². The van der Waals surface area contributed by atoms with Crippen molar-refractivity contribution < 1.29 is 10.0 Å². The molecule has 6 heteroatoms. The summed E-state index contributed by atoms with van der Waals surface area (Å²) in [6.45, 7) is 8.79. The van der Waals surface area contributed by atoms with Crippen LogP contribution in [0.2, 0.25) is 5.15 Å². The number of rotatable bonds is 6. The molecule has 0 fully saturated rings. The molecule has 2 N–H and O–H groups in total. The van der Waals surface area contributed by atoms with Gasteiger partial charge in [-0.25, -0.2) is 4.98 Å². The van der Waals surface area contributed by atoms with Crippen LogP contribution in [0.5, 0.6) is 0 Å². The molecule has 0 aliphatic carbocycles. The zero-order chi connectivity index (χ0) is 31.5. The van der Waals surface area contributed by atoms with Crippen molar-refractivity contribution in [1.29, 1.82) is 0 Å². The summed E-state index contributed by atoms with van der Waals surface area (Å²) in [5, 5.41) is 22.9. The Morgan fingerprint density at radius 2 is 1.09 bits per heavy atom. The highest BCUT2D eigenvalue weighted by Gasteiger charge is 2.11. The first kappa shape index (κ1) is 32.9. The van der Waals surface area contributed by atoms with Crippen molar-refractivity contribution in [3.8, 4) is 11.3 Å².